The minimum Gasteiger partial charge on any atom is -0.302 e. The summed E-state index contributed by atoms with van der Waals surface area (Å²) in [5.74, 6) is 0.00974. The van der Waals surface area contributed by atoms with E-state index in [0.29, 0.717) is 6.54 Å². The lowest BCUT2D eigenvalue weighted by Crippen LogP contribution is -2.39. The lowest BCUT2D eigenvalue weighted by molar-refractivity contribution is -0.116. The highest BCUT2D eigenvalue weighted by molar-refractivity contribution is 9.10. The normalized spacial score (nSPS) is 11.0. The summed E-state index contributed by atoms with van der Waals surface area (Å²) in [6, 6.07) is 12.2. The van der Waals surface area contributed by atoms with Gasteiger partial charge in [0.25, 0.3) is 0 Å². The number of nitrogens with zero attached hydrogens (tertiary/aromatic N) is 3. The molecule has 0 saturated heterocycles. The van der Waals surface area contributed by atoms with Gasteiger partial charge in [0.2, 0.25) is 5.91 Å². The summed E-state index contributed by atoms with van der Waals surface area (Å²) in [7, 11) is 0. The smallest absolute Gasteiger partial charge is 0.239 e. The third-order valence-corrected chi connectivity index (χ3v) is 7.11. The maximum atomic E-state index is 13.1. The zero-order valence-corrected chi connectivity index (χ0v) is 20.8. The van der Waals surface area contributed by atoms with Crippen LogP contribution in [0.25, 0.3) is 10.2 Å². The zero-order valence-electron chi connectivity index (χ0n) is 16.8. The lowest BCUT2D eigenvalue weighted by Gasteiger charge is -2.24. The van der Waals surface area contributed by atoms with Gasteiger partial charge in [-0.1, -0.05) is 41.1 Å². The van der Waals surface area contributed by atoms with Crippen LogP contribution in [0.2, 0.25) is 0 Å². The molecule has 4 nitrogen and oxygen atoms in total. The van der Waals surface area contributed by atoms with Crippen molar-refractivity contribution in [3.8, 4) is 0 Å². The molecule has 0 spiro atoms. The zero-order chi connectivity index (χ0) is 20.8. The molecule has 3 aromatic rings. The molecule has 0 N–H and O–H groups in total. The van der Waals surface area contributed by atoms with Gasteiger partial charge < -0.3 is 4.90 Å². The van der Waals surface area contributed by atoms with E-state index < -0.39 is 0 Å². The van der Waals surface area contributed by atoms with Crippen molar-refractivity contribution in [1.29, 1.82) is 0 Å². The summed E-state index contributed by atoms with van der Waals surface area (Å²) in [6.45, 7) is 7.50. The second-order valence-electron chi connectivity index (χ2n) is 6.42. The summed E-state index contributed by atoms with van der Waals surface area (Å²) < 4.78 is 15.1. The molecular formula is C21H24BrClFN3OS2. The summed E-state index contributed by atoms with van der Waals surface area (Å²) >= 11 is 6.43. The number of likely N-dealkylation sites (N-methyl/N-ethyl adjacent to an activating group) is 1. The number of thiazole rings is 1. The number of hydrogen-bond acceptors (Lipinski definition) is 5. The number of thioether (sulfide) groups is 1. The molecule has 0 bridgehead atoms. The van der Waals surface area contributed by atoms with Crippen LogP contribution in [0.1, 0.15) is 13.8 Å². The van der Waals surface area contributed by atoms with E-state index in [1.165, 1.54) is 35.2 Å². The van der Waals surface area contributed by atoms with Crippen molar-refractivity contribution >= 4 is 72.7 Å². The number of carbonyl (C=O) groups excluding carboxylic acids is 1. The van der Waals surface area contributed by atoms with Gasteiger partial charge in [-0.3, -0.25) is 9.69 Å². The van der Waals surface area contributed by atoms with Gasteiger partial charge in [-0.2, -0.15) is 0 Å². The van der Waals surface area contributed by atoms with Gasteiger partial charge in [-0.15, -0.1) is 24.2 Å². The van der Waals surface area contributed by atoms with Crippen LogP contribution < -0.4 is 4.90 Å². The maximum Gasteiger partial charge on any atom is 0.239 e. The van der Waals surface area contributed by atoms with E-state index in [-0.39, 0.29) is 29.9 Å². The molecule has 1 aromatic heterocycles. The number of hydrogen-bond donors (Lipinski definition) is 0. The summed E-state index contributed by atoms with van der Waals surface area (Å²) in [5, 5.41) is 0.718. The summed E-state index contributed by atoms with van der Waals surface area (Å²) in [6.07, 6.45) is 0. The summed E-state index contributed by atoms with van der Waals surface area (Å²) in [4.78, 5) is 22.7. The van der Waals surface area contributed by atoms with Crippen molar-refractivity contribution in [2.75, 3.05) is 36.8 Å². The first kappa shape index (κ1) is 25.1. The highest BCUT2D eigenvalue weighted by Crippen LogP contribution is 2.31. The van der Waals surface area contributed by atoms with Crippen molar-refractivity contribution < 1.29 is 9.18 Å². The molecule has 2 aromatic carbocycles. The van der Waals surface area contributed by atoms with Gasteiger partial charge in [0, 0.05) is 22.5 Å². The van der Waals surface area contributed by atoms with E-state index in [1.807, 2.05) is 18.2 Å². The number of anilines is 1. The van der Waals surface area contributed by atoms with Crippen LogP contribution in [0.4, 0.5) is 9.52 Å². The predicted octanol–water partition coefficient (Wildman–Crippen LogP) is 6.09. The standard InChI is InChI=1S/C21H23BrFN3OS2.ClH/c1-3-25(4-2)11-12-26(20(27)14-28-17-8-6-16(23)7-9-17)21-24-18-10-5-15(22)13-19(18)29-21;/h5-10,13H,3-4,11-12,14H2,1-2H3;1H. The third kappa shape index (κ3) is 6.65. The Morgan fingerprint density at radius 1 is 1.13 bits per heavy atom. The van der Waals surface area contributed by atoms with E-state index in [2.05, 4.69) is 34.7 Å². The number of halogens is 3. The topological polar surface area (TPSA) is 36.4 Å². The quantitative estimate of drug-likeness (QED) is 0.313. The van der Waals surface area contributed by atoms with Crippen molar-refractivity contribution in [2.24, 2.45) is 0 Å². The number of benzene rings is 2. The van der Waals surface area contributed by atoms with E-state index in [0.717, 1.165) is 44.4 Å². The average molecular weight is 533 g/mol. The van der Waals surface area contributed by atoms with Crippen LogP contribution in [-0.2, 0) is 4.79 Å². The van der Waals surface area contributed by atoms with Gasteiger partial charge in [0.1, 0.15) is 5.82 Å². The van der Waals surface area contributed by atoms with Gasteiger partial charge in [0.15, 0.2) is 5.13 Å². The minimum absolute atomic E-state index is 0. The molecule has 9 heteroatoms. The largest absolute Gasteiger partial charge is 0.302 e. The van der Waals surface area contributed by atoms with Gasteiger partial charge in [-0.05, 0) is 55.6 Å². The van der Waals surface area contributed by atoms with Crippen molar-refractivity contribution in [3.63, 3.8) is 0 Å². The van der Waals surface area contributed by atoms with Gasteiger partial charge in [-0.25, -0.2) is 9.37 Å². The molecule has 0 radical (unpaired) electrons. The molecule has 0 aliphatic carbocycles. The van der Waals surface area contributed by atoms with E-state index >= 15 is 0 Å². The maximum absolute atomic E-state index is 13.1. The fourth-order valence-electron chi connectivity index (χ4n) is 2.86. The van der Waals surface area contributed by atoms with Crippen LogP contribution in [0.3, 0.4) is 0 Å². The fourth-order valence-corrected chi connectivity index (χ4v) is 5.20. The van der Waals surface area contributed by atoms with E-state index in [4.69, 9.17) is 4.98 Å². The molecule has 0 fully saturated rings. The Kier molecular flexibility index (Phi) is 10.0. The van der Waals surface area contributed by atoms with Crippen LogP contribution in [-0.4, -0.2) is 47.7 Å². The van der Waals surface area contributed by atoms with Crippen LogP contribution in [0, 0.1) is 5.82 Å². The highest BCUT2D eigenvalue weighted by atomic mass is 79.9. The molecular weight excluding hydrogens is 509 g/mol. The molecule has 3 rings (SSSR count). The third-order valence-electron chi connectivity index (χ3n) is 4.58. The van der Waals surface area contributed by atoms with Crippen LogP contribution in [0.5, 0.6) is 0 Å². The molecule has 0 saturated carbocycles. The minimum atomic E-state index is -0.276. The second kappa shape index (κ2) is 12.0. The van der Waals surface area contributed by atoms with Gasteiger partial charge in [0.05, 0.1) is 16.0 Å². The highest BCUT2D eigenvalue weighted by Gasteiger charge is 2.20. The number of carbonyl (C=O) groups is 1. The van der Waals surface area contributed by atoms with Crippen LogP contribution >= 0.6 is 51.4 Å². The Balaban J connectivity index is 0.00000320. The number of aromatic nitrogens is 1. The Morgan fingerprint density at radius 3 is 2.50 bits per heavy atom. The molecule has 0 unspecified atom stereocenters. The van der Waals surface area contributed by atoms with Crippen molar-refractivity contribution in [3.05, 3.63) is 52.8 Å². The SMILES string of the molecule is CCN(CC)CCN(C(=O)CSc1ccc(F)cc1)c1nc2ccc(Br)cc2s1.Cl. The molecule has 0 atom stereocenters. The molecule has 0 aliphatic rings. The first-order valence-corrected chi connectivity index (χ1v) is 12.1. The predicted molar refractivity (Wildman–Crippen MR) is 132 cm³/mol. The first-order chi connectivity index (χ1) is 14.0. The van der Waals surface area contributed by atoms with E-state index in [1.54, 1.807) is 17.0 Å². The lowest BCUT2D eigenvalue weighted by atomic mass is 10.3. The van der Waals surface area contributed by atoms with Crippen molar-refractivity contribution in [2.45, 2.75) is 18.7 Å². The van der Waals surface area contributed by atoms with Gasteiger partial charge >= 0.3 is 0 Å². The Morgan fingerprint density at radius 2 is 1.83 bits per heavy atom. The molecule has 1 heterocycles. The number of fused-ring (bicyclic) bond motifs is 1. The number of rotatable bonds is 9. The monoisotopic (exact) mass is 531 g/mol. The number of amides is 1. The molecule has 162 valence electrons. The fraction of sp³-hybridized carbons (Fsp3) is 0.333. The Labute approximate surface area is 199 Å². The van der Waals surface area contributed by atoms with Crippen LogP contribution in [0.15, 0.2) is 51.8 Å². The first-order valence-electron chi connectivity index (χ1n) is 9.47. The Hall–Kier alpha value is -1.19. The Bertz CT molecular complexity index is 967. The van der Waals surface area contributed by atoms with E-state index in [9.17, 15) is 9.18 Å². The molecule has 0 aliphatic heterocycles. The average Bonchev–Trinajstić information content (AvgIpc) is 3.13. The van der Waals surface area contributed by atoms with Crippen molar-refractivity contribution in [1.82, 2.24) is 9.88 Å². The molecule has 30 heavy (non-hydrogen) atoms. The molecule has 1 amide bonds. The second-order valence-corrected chi connectivity index (χ2v) is 9.40. The summed E-state index contributed by atoms with van der Waals surface area (Å²) in [5.41, 5.74) is 0.889.